The molecule has 294 valence electrons. The van der Waals surface area contributed by atoms with Crippen LogP contribution in [0.15, 0.2) is 66.7 Å². The van der Waals surface area contributed by atoms with E-state index in [9.17, 15) is 19.6 Å². The fourth-order valence-corrected chi connectivity index (χ4v) is 10.00. The Kier molecular flexibility index (Phi) is 11.1. The van der Waals surface area contributed by atoms with Crippen molar-refractivity contribution < 1.29 is 14.4 Å². The molecule has 1 spiro atoms. The number of hydrogen-bond acceptors (Lipinski definition) is 9. The van der Waals surface area contributed by atoms with Crippen LogP contribution >= 0.6 is 11.6 Å². The summed E-state index contributed by atoms with van der Waals surface area (Å²) in [5.74, 6) is 0.251. The van der Waals surface area contributed by atoms with Crippen LogP contribution in [0.3, 0.4) is 0 Å². The fourth-order valence-electron chi connectivity index (χ4n) is 9.78. The number of likely N-dealkylation sites (tertiary alicyclic amines) is 1. The Labute approximate surface area is 335 Å². The lowest BCUT2D eigenvalue weighted by molar-refractivity contribution is -0.133. The van der Waals surface area contributed by atoms with Crippen LogP contribution in [0.25, 0.3) is 0 Å². The van der Waals surface area contributed by atoms with Gasteiger partial charge in [-0.2, -0.15) is 5.26 Å². The van der Waals surface area contributed by atoms with Gasteiger partial charge in [-0.05, 0) is 111 Å². The van der Waals surface area contributed by atoms with Crippen LogP contribution in [-0.4, -0.2) is 105 Å². The molecule has 11 nitrogen and oxygen atoms in total. The Morgan fingerprint density at radius 1 is 0.893 bits per heavy atom. The first-order chi connectivity index (χ1) is 27.2. The van der Waals surface area contributed by atoms with E-state index in [1.165, 1.54) is 5.69 Å². The summed E-state index contributed by atoms with van der Waals surface area (Å²) in [6.45, 7) is 11.7. The highest BCUT2D eigenvalue weighted by molar-refractivity contribution is 6.32. The van der Waals surface area contributed by atoms with Crippen molar-refractivity contribution in [2.45, 2.75) is 64.0 Å². The van der Waals surface area contributed by atoms with E-state index in [0.29, 0.717) is 35.4 Å². The number of nitriles is 1. The van der Waals surface area contributed by atoms with Crippen molar-refractivity contribution in [1.82, 2.24) is 15.1 Å². The average molecular weight is 777 g/mol. The third-order valence-corrected chi connectivity index (χ3v) is 13.4. The van der Waals surface area contributed by atoms with E-state index in [1.54, 1.807) is 0 Å². The molecule has 3 aromatic carbocycles. The summed E-state index contributed by atoms with van der Waals surface area (Å²) in [6.07, 6.45) is 6.30. The highest BCUT2D eigenvalue weighted by atomic mass is 35.5. The van der Waals surface area contributed by atoms with Gasteiger partial charge in [-0.25, -0.2) is 0 Å². The minimum absolute atomic E-state index is 0.133. The quantitative estimate of drug-likeness (QED) is 0.267. The monoisotopic (exact) mass is 776 g/mol. The van der Waals surface area contributed by atoms with Gasteiger partial charge in [-0.15, -0.1) is 0 Å². The van der Waals surface area contributed by atoms with Crippen LogP contribution in [0, 0.1) is 22.7 Å². The summed E-state index contributed by atoms with van der Waals surface area (Å²) in [6, 6.07) is 24.4. The molecule has 0 radical (unpaired) electrons. The topological polar surface area (TPSA) is 115 Å². The van der Waals surface area contributed by atoms with Crippen LogP contribution < -0.4 is 25.3 Å². The zero-order chi connectivity index (χ0) is 38.8. The lowest BCUT2D eigenvalue weighted by atomic mass is 9.76. The normalized spacial score (nSPS) is 23.3. The van der Waals surface area contributed by atoms with E-state index in [2.05, 4.69) is 61.4 Å². The number of halogens is 1. The lowest BCUT2D eigenvalue weighted by Crippen LogP contribution is -2.50. The van der Waals surface area contributed by atoms with E-state index in [4.69, 9.17) is 11.6 Å². The van der Waals surface area contributed by atoms with E-state index >= 15 is 0 Å². The van der Waals surface area contributed by atoms with Crippen molar-refractivity contribution in [2.24, 2.45) is 11.3 Å². The molecule has 8 rings (SSSR count). The summed E-state index contributed by atoms with van der Waals surface area (Å²) in [5, 5.41) is 15.6. The SMILES string of the molecule is C[C@@H]1CC2(CCN(c3ccc(C(=O)N4CCC(CN5CCN(c6ccccc6N[C@@H]6CCC(=O)NC6=O)CC5)CC4)cc3)CC2)CN1c1ccc(C#N)c(Cl)c1. The van der Waals surface area contributed by atoms with Crippen molar-refractivity contribution in [3.63, 3.8) is 0 Å². The Balaban J connectivity index is 0.773. The molecular weight excluding hydrogens is 724 g/mol. The van der Waals surface area contributed by atoms with E-state index in [-0.39, 0.29) is 23.1 Å². The molecule has 5 fully saturated rings. The summed E-state index contributed by atoms with van der Waals surface area (Å²) in [7, 11) is 0. The number of para-hydroxylation sites is 2. The third-order valence-electron chi connectivity index (χ3n) is 13.1. The molecule has 2 N–H and O–H groups in total. The number of anilines is 4. The highest BCUT2D eigenvalue weighted by Crippen LogP contribution is 2.46. The lowest BCUT2D eigenvalue weighted by Gasteiger charge is -2.40. The molecular formula is C44H53ClN8O3. The van der Waals surface area contributed by atoms with Crippen molar-refractivity contribution in [3.05, 3.63) is 82.9 Å². The minimum atomic E-state index is -0.404. The highest BCUT2D eigenvalue weighted by Gasteiger charge is 2.44. The Morgan fingerprint density at radius 2 is 1.61 bits per heavy atom. The van der Waals surface area contributed by atoms with Crippen molar-refractivity contribution in [2.75, 3.05) is 85.5 Å². The van der Waals surface area contributed by atoms with Crippen LogP contribution in [0.5, 0.6) is 0 Å². The summed E-state index contributed by atoms with van der Waals surface area (Å²) < 4.78 is 0. The molecule has 3 amide bonds. The molecule has 0 aliphatic carbocycles. The number of benzene rings is 3. The van der Waals surface area contributed by atoms with Gasteiger partial charge in [0, 0.05) is 94.8 Å². The van der Waals surface area contributed by atoms with Gasteiger partial charge < -0.3 is 24.9 Å². The van der Waals surface area contributed by atoms with Gasteiger partial charge in [0.1, 0.15) is 12.1 Å². The van der Waals surface area contributed by atoms with Gasteiger partial charge in [0.25, 0.3) is 5.91 Å². The number of piperidine rings is 3. The van der Waals surface area contributed by atoms with Crippen LogP contribution in [-0.2, 0) is 9.59 Å². The molecule has 3 aromatic rings. The molecule has 2 atom stereocenters. The number of rotatable bonds is 8. The average Bonchev–Trinajstić information content (AvgIpc) is 3.54. The van der Waals surface area contributed by atoms with Crippen molar-refractivity contribution in [1.29, 1.82) is 5.26 Å². The predicted molar refractivity (Wildman–Crippen MR) is 221 cm³/mol. The second-order valence-corrected chi connectivity index (χ2v) is 17.1. The molecule has 5 saturated heterocycles. The summed E-state index contributed by atoms with van der Waals surface area (Å²) in [5.41, 5.74) is 5.88. The number of amides is 3. The predicted octanol–water partition coefficient (Wildman–Crippen LogP) is 5.99. The van der Waals surface area contributed by atoms with Gasteiger partial charge in [0.05, 0.1) is 22.0 Å². The van der Waals surface area contributed by atoms with Crippen molar-refractivity contribution in [3.8, 4) is 6.07 Å². The van der Waals surface area contributed by atoms with Gasteiger partial charge in [-0.1, -0.05) is 23.7 Å². The molecule has 0 bridgehead atoms. The first-order valence-electron chi connectivity index (χ1n) is 20.4. The first kappa shape index (κ1) is 38.1. The van der Waals surface area contributed by atoms with Gasteiger partial charge >= 0.3 is 0 Å². The second kappa shape index (κ2) is 16.4. The molecule has 5 aliphatic rings. The zero-order valence-corrected chi connectivity index (χ0v) is 33.1. The van der Waals surface area contributed by atoms with Gasteiger partial charge in [0.15, 0.2) is 0 Å². The largest absolute Gasteiger partial charge is 0.372 e. The van der Waals surface area contributed by atoms with Gasteiger partial charge in [-0.3, -0.25) is 24.6 Å². The summed E-state index contributed by atoms with van der Waals surface area (Å²) in [4.78, 5) is 49.5. The van der Waals surface area contributed by atoms with Crippen molar-refractivity contribution >= 4 is 52.1 Å². The third kappa shape index (κ3) is 8.19. The number of carbonyl (C=O) groups is 3. The molecule has 12 heteroatoms. The number of imide groups is 1. The molecule has 5 aliphatic heterocycles. The second-order valence-electron chi connectivity index (χ2n) is 16.7. The number of nitrogens with zero attached hydrogens (tertiary/aromatic N) is 6. The number of hydrogen-bond donors (Lipinski definition) is 2. The molecule has 0 unspecified atom stereocenters. The zero-order valence-electron chi connectivity index (χ0n) is 32.4. The van der Waals surface area contributed by atoms with Crippen LogP contribution in [0.1, 0.15) is 67.8 Å². The van der Waals surface area contributed by atoms with Crippen LogP contribution in [0.2, 0.25) is 5.02 Å². The minimum Gasteiger partial charge on any atom is -0.372 e. The Morgan fingerprint density at radius 3 is 2.30 bits per heavy atom. The van der Waals surface area contributed by atoms with Gasteiger partial charge in [0.2, 0.25) is 11.8 Å². The molecule has 0 aromatic heterocycles. The molecule has 5 heterocycles. The van der Waals surface area contributed by atoms with E-state index < -0.39 is 6.04 Å². The fraction of sp³-hybridized carbons (Fsp3) is 0.500. The van der Waals surface area contributed by atoms with Crippen LogP contribution in [0.4, 0.5) is 22.7 Å². The first-order valence-corrected chi connectivity index (χ1v) is 20.8. The Hall–Kier alpha value is -4.79. The smallest absolute Gasteiger partial charge is 0.253 e. The number of nitrogens with one attached hydrogen (secondary N) is 2. The molecule has 56 heavy (non-hydrogen) atoms. The van der Waals surface area contributed by atoms with E-state index in [0.717, 1.165) is 120 Å². The maximum absolute atomic E-state index is 13.6. The maximum atomic E-state index is 13.6. The van der Waals surface area contributed by atoms with E-state index in [1.807, 2.05) is 53.4 Å². The Bertz CT molecular complexity index is 1960. The number of carbonyl (C=O) groups excluding carboxylic acids is 3. The number of piperazine rings is 1. The maximum Gasteiger partial charge on any atom is 0.253 e. The standard InChI is InChI=1S/C44H53ClN8O3/c1-31-27-44(30-53(31)36-11-8-34(28-46)37(45)26-36)16-20-50(21-17-44)35-9-6-33(7-10-35)43(56)52-18-14-32(15-19-52)29-49-22-24-51(25-23-49)40-5-3-2-4-38(40)47-39-12-13-41(54)48-42(39)55/h2-11,26,31-32,39,47H,12-25,27,29-30H2,1H3,(H,48,54,55)/t31-,39-/m1/s1. The molecule has 0 saturated carbocycles. The summed E-state index contributed by atoms with van der Waals surface area (Å²) >= 11 is 6.38.